The second kappa shape index (κ2) is 5.28. The Hall–Kier alpha value is -2.08. The topological polar surface area (TPSA) is 60.9 Å². The third-order valence-corrected chi connectivity index (χ3v) is 4.45. The molecule has 0 saturated carbocycles. The summed E-state index contributed by atoms with van der Waals surface area (Å²) in [7, 11) is 1.29. The first kappa shape index (κ1) is 14.8. The SMILES string of the molecule is CC1=CN2C(=O)c3cc(C)c(C)cc3N([B]C=O)[C@@H](O)[C@@H]2C1. The Labute approximate surface area is 130 Å². The fourth-order valence-corrected chi connectivity index (χ4v) is 3.16. The molecule has 1 aromatic rings. The summed E-state index contributed by atoms with van der Waals surface area (Å²) >= 11 is 0. The molecule has 1 amide bonds. The van der Waals surface area contributed by atoms with Crippen molar-refractivity contribution in [3.05, 3.63) is 40.6 Å². The van der Waals surface area contributed by atoms with E-state index in [1.54, 1.807) is 11.1 Å². The Morgan fingerprint density at radius 2 is 1.95 bits per heavy atom. The minimum absolute atomic E-state index is 0.138. The zero-order chi connectivity index (χ0) is 16.0. The van der Waals surface area contributed by atoms with Crippen molar-refractivity contribution in [2.75, 3.05) is 4.81 Å². The fraction of sp³-hybridized carbons (Fsp3) is 0.375. The van der Waals surface area contributed by atoms with Gasteiger partial charge in [0.05, 0.1) is 11.6 Å². The van der Waals surface area contributed by atoms with Gasteiger partial charge in [0.1, 0.15) is 12.4 Å². The highest BCUT2D eigenvalue weighted by atomic mass is 16.3. The maximum atomic E-state index is 12.9. The number of hydrogen-bond donors (Lipinski definition) is 1. The smallest absolute Gasteiger partial charge is 0.331 e. The minimum Gasteiger partial charge on any atom is -0.386 e. The lowest BCUT2D eigenvalue weighted by atomic mass is 9.89. The van der Waals surface area contributed by atoms with Gasteiger partial charge in [0.15, 0.2) is 0 Å². The van der Waals surface area contributed by atoms with Crippen LogP contribution in [0, 0.1) is 13.8 Å². The van der Waals surface area contributed by atoms with E-state index in [-0.39, 0.29) is 11.9 Å². The van der Waals surface area contributed by atoms with Crippen molar-refractivity contribution in [1.29, 1.82) is 0 Å². The van der Waals surface area contributed by atoms with E-state index < -0.39 is 6.23 Å². The predicted octanol–water partition coefficient (Wildman–Crippen LogP) is 1.37. The number of aliphatic hydroxyl groups excluding tert-OH is 1. The first-order valence-corrected chi connectivity index (χ1v) is 7.30. The summed E-state index contributed by atoms with van der Waals surface area (Å²) < 4.78 is 0. The van der Waals surface area contributed by atoms with Crippen LogP contribution >= 0.6 is 0 Å². The molecule has 0 aliphatic carbocycles. The third kappa shape index (κ3) is 2.15. The highest BCUT2D eigenvalue weighted by Crippen LogP contribution is 2.36. The molecular formula is C16H18BN2O3. The molecule has 0 unspecified atom stereocenters. The van der Waals surface area contributed by atoms with Gasteiger partial charge in [0.25, 0.3) is 5.91 Å². The molecule has 6 heteroatoms. The first-order chi connectivity index (χ1) is 10.4. The molecule has 2 atom stereocenters. The number of benzene rings is 1. The normalized spacial score (nSPS) is 23.6. The number of nitrogens with zero attached hydrogens (tertiary/aromatic N) is 2. The molecule has 2 aliphatic heterocycles. The van der Waals surface area contributed by atoms with Gasteiger partial charge in [0, 0.05) is 11.9 Å². The first-order valence-electron chi connectivity index (χ1n) is 7.30. The van der Waals surface area contributed by atoms with Crippen molar-refractivity contribution >= 4 is 25.2 Å². The summed E-state index contributed by atoms with van der Waals surface area (Å²) in [5, 5.41) is 10.7. The monoisotopic (exact) mass is 297 g/mol. The van der Waals surface area contributed by atoms with Crippen molar-refractivity contribution in [3.8, 4) is 0 Å². The van der Waals surface area contributed by atoms with Crippen LogP contribution in [0.1, 0.15) is 34.8 Å². The van der Waals surface area contributed by atoms with Gasteiger partial charge >= 0.3 is 7.41 Å². The molecule has 113 valence electrons. The molecule has 5 nitrogen and oxygen atoms in total. The Morgan fingerprint density at radius 1 is 1.27 bits per heavy atom. The number of fused-ring (bicyclic) bond motifs is 2. The van der Waals surface area contributed by atoms with Crippen LogP contribution in [-0.4, -0.2) is 41.8 Å². The molecule has 22 heavy (non-hydrogen) atoms. The van der Waals surface area contributed by atoms with Gasteiger partial charge in [0.2, 0.25) is 0 Å². The molecular weight excluding hydrogens is 279 g/mol. The molecule has 2 aliphatic rings. The fourth-order valence-electron chi connectivity index (χ4n) is 3.16. The van der Waals surface area contributed by atoms with Crippen molar-refractivity contribution in [2.24, 2.45) is 0 Å². The Balaban J connectivity index is 2.20. The van der Waals surface area contributed by atoms with Gasteiger partial charge in [-0.2, -0.15) is 0 Å². The molecule has 0 fully saturated rings. The number of aryl methyl sites for hydroxylation is 2. The van der Waals surface area contributed by atoms with E-state index in [4.69, 9.17) is 0 Å². The summed E-state index contributed by atoms with van der Waals surface area (Å²) in [6.07, 6.45) is 2.07. The summed E-state index contributed by atoms with van der Waals surface area (Å²) in [5.41, 5.74) is 4.14. The predicted molar refractivity (Wildman–Crippen MR) is 85.2 cm³/mol. The molecule has 1 N–H and O–H groups in total. The van der Waals surface area contributed by atoms with E-state index in [2.05, 4.69) is 0 Å². The number of carbonyl (C=O) groups is 2. The molecule has 0 aromatic heterocycles. The van der Waals surface area contributed by atoms with Gasteiger partial charge in [-0.3, -0.25) is 4.79 Å². The van der Waals surface area contributed by atoms with Crippen LogP contribution in [0.3, 0.4) is 0 Å². The molecule has 2 heterocycles. The average Bonchev–Trinajstić information content (AvgIpc) is 2.85. The summed E-state index contributed by atoms with van der Waals surface area (Å²) in [4.78, 5) is 27.0. The number of rotatable bonds is 2. The maximum Gasteiger partial charge on any atom is 0.331 e. The number of hydrogen-bond acceptors (Lipinski definition) is 4. The maximum absolute atomic E-state index is 12.9. The van der Waals surface area contributed by atoms with Crippen molar-refractivity contribution in [2.45, 2.75) is 39.5 Å². The van der Waals surface area contributed by atoms with Crippen molar-refractivity contribution in [1.82, 2.24) is 4.90 Å². The van der Waals surface area contributed by atoms with E-state index in [9.17, 15) is 14.7 Å². The van der Waals surface area contributed by atoms with E-state index >= 15 is 0 Å². The summed E-state index contributed by atoms with van der Waals surface area (Å²) in [6, 6.07) is 3.30. The Kier molecular flexibility index (Phi) is 3.57. The summed E-state index contributed by atoms with van der Waals surface area (Å²) in [6.45, 7) is 5.83. The molecule has 0 bridgehead atoms. The zero-order valence-electron chi connectivity index (χ0n) is 12.9. The molecule has 0 spiro atoms. The van der Waals surface area contributed by atoms with Crippen molar-refractivity contribution in [3.63, 3.8) is 0 Å². The second-order valence-electron chi connectivity index (χ2n) is 6.02. The van der Waals surface area contributed by atoms with Gasteiger partial charge in [-0.05, 0) is 50.5 Å². The Morgan fingerprint density at radius 3 is 2.64 bits per heavy atom. The van der Waals surface area contributed by atoms with E-state index in [0.717, 1.165) is 16.7 Å². The number of amides is 1. The number of carbonyl (C=O) groups excluding carboxylic acids is 2. The van der Waals surface area contributed by atoms with Crippen LogP contribution in [0.5, 0.6) is 0 Å². The third-order valence-electron chi connectivity index (χ3n) is 4.45. The van der Waals surface area contributed by atoms with Crippen LogP contribution < -0.4 is 4.81 Å². The average molecular weight is 297 g/mol. The zero-order valence-corrected chi connectivity index (χ0v) is 12.9. The Bertz CT molecular complexity index is 686. The van der Waals surface area contributed by atoms with Crippen LogP contribution in [0.2, 0.25) is 0 Å². The lowest BCUT2D eigenvalue weighted by Crippen LogP contribution is -2.49. The quantitative estimate of drug-likeness (QED) is 0.661. The van der Waals surface area contributed by atoms with E-state index in [1.807, 2.05) is 32.9 Å². The van der Waals surface area contributed by atoms with Gasteiger partial charge in [-0.1, -0.05) is 5.57 Å². The molecule has 1 radical (unpaired) electrons. The van der Waals surface area contributed by atoms with Crippen LogP contribution in [0.4, 0.5) is 5.69 Å². The van der Waals surface area contributed by atoms with Crippen LogP contribution in [0.25, 0.3) is 0 Å². The van der Waals surface area contributed by atoms with Crippen molar-refractivity contribution < 1.29 is 14.7 Å². The van der Waals surface area contributed by atoms with Gasteiger partial charge in [-0.15, -0.1) is 0 Å². The lowest BCUT2D eigenvalue weighted by molar-refractivity contribution is 0.0614. The minimum atomic E-state index is -0.953. The highest BCUT2D eigenvalue weighted by molar-refractivity contribution is 6.70. The number of aliphatic hydroxyl groups is 1. The number of anilines is 1. The van der Waals surface area contributed by atoms with E-state index in [1.165, 1.54) is 12.2 Å². The molecule has 1 aromatic carbocycles. The van der Waals surface area contributed by atoms with Crippen LogP contribution in [-0.2, 0) is 4.79 Å². The lowest BCUT2D eigenvalue weighted by Gasteiger charge is -2.32. The molecule has 0 saturated heterocycles. The van der Waals surface area contributed by atoms with Crippen LogP contribution in [0.15, 0.2) is 23.9 Å². The largest absolute Gasteiger partial charge is 0.386 e. The standard InChI is InChI=1S/C16H18BN2O3/c1-9-4-14-16(22)19(17-8-20)13-6-11(3)10(2)5-12(13)15(21)18(14)7-9/h5-8,14,16,22H,4H2,1-3H3/t14-,16-/m0/s1. The van der Waals surface area contributed by atoms with Gasteiger partial charge in [-0.25, -0.2) is 0 Å². The summed E-state index contributed by atoms with van der Waals surface area (Å²) in [5.74, 6) is -0.138. The highest BCUT2D eigenvalue weighted by Gasteiger charge is 2.41. The molecule has 3 rings (SSSR count). The van der Waals surface area contributed by atoms with Gasteiger partial charge < -0.3 is 19.6 Å². The second-order valence-corrected chi connectivity index (χ2v) is 6.02. The van der Waals surface area contributed by atoms with E-state index in [0.29, 0.717) is 23.9 Å².